The largest absolute Gasteiger partial charge is 0.497 e. The van der Waals surface area contributed by atoms with Gasteiger partial charge in [0.05, 0.1) is 23.9 Å². The number of benzene rings is 3. The van der Waals surface area contributed by atoms with Crippen LogP contribution in [-0.2, 0) is 10.3 Å². The molecule has 0 saturated carbocycles. The first kappa shape index (κ1) is 19.0. The predicted octanol–water partition coefficient (Wildman–Crippen LogP) is 4.02. The van der Waals surface area contributed by atoms with Gasteiger partial charge in [0.2, 0.25) is 0 Å². The number of rotatable bonds is 3. The number of imide groups is 1. The van der Waals surface area contributed by atoms with Gasteiger partial charge in [0.15, 0.2) is 5.54 Å². The third-order valence-electron chi connectivity index (χ3n) is 5.91. The van der Waals surface area contributed by atoms with Crippen LogP contribution in [-0.4, -0.2) is 29.7 Å². The molecule has 3 amide bonds. The van der Waals surface area contributed by atoms with E-state index in [1.165, 1.54) is 36.3 Å². The highest BCUT2D eigenvalue weighted by Crippen LogP contribution is 2.50. The van der Waals surface area contributed by atoms with Gasteiger partial charge in [-0.1, -0.05) is 12.1 Å². The molecule has 31 heavy (non-hydrogen) atoms. The van der Waals surface area contributed by atoms with Crippen molar-refractivity contribution < 1.29 is 23.5 Å². The van der Waals surface area contributed by atoms with Gasteiger partial charge in [-0.2, -0.15) is 0 Å². The number of methoxy groups -OCH3 is 1. The van der Waals surface area contributed by atoms with Crippen molar-refractivity contribution in [1.82, 2.24) is 4.90 Å². The summed E-state index contributed by atoms with van der Waals surface area (Å²) in [5, 5.41) is 0. The second kappa shape index (κ2) is 6.50. The molecule has 2 aliphatic heterocycles. The van der Waals surface area contributed by atoms with Crippen LogP contribution in [0.15, 0.2) is 66.7 Å². The summed E-state index contributed by atoms with van der Waals surface area (Å²) in [4.78, 5) is 42.8. The molecule has 0 saturated heterocycles. The molecule has 7 heteroatoms. The molecular formula is C24H17FN2O4. The van der Waals surface area contributed by atoms with E-state index < -0.39 is 29.1 Å². The zero-order chi connectivity index (χ0) is 21.9. The lowest BCUT2D eigenvalue weighted by Gasteiger charge is -2.32. The van der Waals surface area contributed by atoms with Crippen molar-refractivity contribution in [2.45, 2.75) is 12.5 Å². The van der Waals surface area contributed by atoms with Crippen molar-refractivity contribution >= 4 is 29.1 Å². The Bertz CT molecular complexity index is 1240. The lowest BCUT2D eigenvalue weighted by molar-refractivity contribution is -0.126. The van der Waals surface area contributed by atoms with E-state index in [0.717, 1.165) is 4.90 Å². The number of halogens is 1. The zero-order valence-corrected chi connectivity index (χ0v) is 16.8. The number of anilines is 2. The minimum atomic E-state index is -1.61. The number of amides is 3. The van der Waals surface area contributed by atoms with Crippen LogP contribution in [0.25, 0.3) is 0 Å². The quantitative estimate of drug-likeness (QED) is 0.605. The van der Waals surface area contributed by atoms with Crippen molar-refractivity contribution in [3.8, 4) is 5.75 Å². The van der Waals surface area contributed by atoms with Crippen LogP contribution in [0.1, 0.15) is 33.2 Å². The van der Waals surface area contributed by atoms with Gasteiger partial charge in [0, 0.05) is 11.3 Å². The maximum atomic E-state index is 13.8. The summed E-state index contributed by atoms with van der Waals surface area (Å²) in [6, 6.07) is 17.0. The van der Waals surface area contributed by atoms with Crippen molar-refractivity contribution in [1.29, 1.82) is 0 Å². The molecule has 3 aromatic rings. The molecule has 0 aliphatic carbocycles. The highest BCUT2D eigenvalue weighted by atomic mass is 19.1. The lowest BCUT2D eigenvalue weighted by atomic mass is 9.91. The molecule has 2 heterocycles. The van der Waals surface area contributed by atoms with Crippen LogP contribution in [0.5, 0.6) is 5.75 Å². The first-order valence-corrected chi connectivity index (χ1v) is 9.64. The van der Waals surface area contributed by atoms with Gasteiger partial charge in [-0.05, 0) is 61.5 Å². The van der Waals surface area contributed by atoms with Crippen molar-refractivity contribution in [3.63, 3.8) is 0 Å². The summed E-state index contributed by atoms with van der Waals surface area (Å²) in [5.41, 5.74) is 0.286. The molecule has 154 valence electrons. The lowest BCUT2D eigenvalue weighted by Crippen LogP contribution is -2.53. The van der Waals surface area contributed by atoms with E-state index in [1.807, 2.05) is 0 Å². The summed E-state index contributed by atoms with van der Waals surface area (Å²) in [6.07, 6.45) is 0. The molecule has 0 N–H and O–H groups in total. The monoisotopic (exact) mass is 416 g/mol. The van der Waals surface area contributed by atoms with E-state index >= 15 is 0 Å². The fraction of sp³-hybridized carbons (Fsp3) is 0.125. The van der Waals surface area contributed by atoms with Gasteiger partial charge >= 0.3 is 0 Å². The molecule has 3 aromatic carbocycles. The Morgan fingerprint density at radius 2 is 1.48 bits per heavy atom. The Kier molecular flexibility index (Phi) is 3.98. The Morgan fingerprint density at radius 3 is 2.06 bits per heavy atom. The molecule has 2 aliphatic rings. The van der Waals surface area contributed by atoms with Crippen molar-refractivity contribution in [3.05, 3.63) is 89.2 Å². The van der Waals surface area contributed by atoms with Crippen LogP contribution < -0.4 is 9.64 Å². The Balaban J connectivity index is 1.73. The average Bonchev–Trinajstić information content (AvgIpc) is 3.17. The number of fused-ring (bicyclic) bond motifs is 2. The fourth-order valence-corrected chi connectivity index (χ4v) is 4.33. The number of hydrogen-bond donors (Lipinski definition) is 0. The second-order valence-electron chi connectivity index (χ2n) is 7.56. The molecular weight excluding hydrogens is 399 g/mol. The highest BCUT2D eigenvalue weighted by Gasteiger charge is 2.58. The van der Waals surface area contributed by atoms with Gasteiger partial charge < -0.3 is 4.74 Å². The normalized spacial score (nSPS) is 19.6. The van der Waals surface area contributed by atoms with Crippen LogP contribution >= 0.6 is 0 Å². The first-order chi connectivity index (χ1) is 14.9. The SMILES string of the molecule is COc1ccc2c(c1)C(C)(N1C(=O)c3ccccc3C1=O)C(=O)N2c1ccc(F)cc1. The van der Waals surface area contributed by atoms with Gasteiger partial charge in [-0.25, -0.2) is 4.39 Å². The molecule has 0 fully saturated rings. The summed E-state index contributed by atoms with van der Waals surface area (Å²) in [7, 11) is 1.50. The maximum Gasteiger partial charge on any atom is 0.262 e. The van der Waals surface area contributed by atoms with Crippen molar-refractivity contribution in [2.75, 3.05) is 12.0 Å². The number of nitrogens with zero attached hydrogens (tertiary/aromatic N) is 2. The molecule has 5 rings (SSSR count). The topological polar surface area (TPSA) is 66.9 Å². The Labute approximate surface area is 177 Å². The summed E-state index contributed by atoms with van der Waals surface area (Å²) in [5.74, 6) is -1.52. The van der Waals surface area contributed by atoms with Crippen LogP contribution in [0.2, 0.25) is 0 Å². The maximum absolute atomic E-state index is 13.8. The third kappa shape index (κ3) is 2.46. The van der Waals surface area contributed by atoms with Crippen LogP contribution in [0.4, 0.5) is 15.8 Å². The molecule has 0 bridgehead atoms. The molecule has 0 aromatic heterocycles. The number of carbonyl (C=O) groups is 3. The first-order valence-electron chi connectivity index (χ1n) is 9.64. The Hall–Kier alpha value is -4.00. The highest BCUT2D eigenvalue weighted by molar-refractivity contribution is 6.26. The molecule has 1 unspecified atom stereocenters. The van der Waals surface area contributed by atoms with Crippen molar-refractivity contribution in [2.24, 2.45) is 0 Å². The molecule has 1 atom stereocenters. The summed E-state index contributed by atoms with van der Waals surface area (Å²) in [6.45, 7) is 1.55. The number of ether oxygens (including phenoxy) is 1. The Morgan fingerprint density at radius 1 is 0.871 bits per heavy atom. The van der Waals surface area contributed by atoms with Crippen LogP contribution in [0, 0.1) is 5.82 Å². The fourth-order valence-electron chi connectivity index (χ4n) is 4.33. The second-order valence-corrected chi connectivity index (χ2v) is 7.56. The van der Waals surface area contributed by atoms with E-state index in [9.17, 15) is 18.8 Å². The van der Waals surface area contributed by atoms with Crippen LogP contribution in [0.3, 0.4) is 0 Å². The van der Waals surface area contributed by atoms with Gasteiger partial charge in [0.25, 0.3) is 17.7 Å². The smallest absolute Gasteiger partial charge is 0.262 e. The number of hydrogen-bond acceptors (Lipinski definition) is 4. The molecule has 0 radical (unpaired) electrons. The average molecular weight is 416 g/mol. The van der Waals surface area contributed by atoms with E-state index in [2.05, 4.69) is 0 Å². The summed E-state index contributed by atoms with van der Waals surface area (Å²) < 4.78 is 18.8. The van der Waals surface area contributed by atoms with E-state index in [-0.39, 0.29) is 11.1 Å². The number of carbonyl (C=O) groups excluding carboxylic acids is 3. The minimum Gasteiger partial charge on any atom is -0.497 e. The molecule has 6 nitrogen and oxygen atoms in total. The van der Waals surface area contributed by atoms with Gasteiger partial charge in [-0.15, -0.1) is 0 Å². The predicted molar refractivity (Wildman–Crippen MR) is 111 cm³/mol. The van der Waals surface area contributed by atoms with E-state index in [1.54, 1.807) is 49.4 Å². The molecule has 0 spiro atoms. The van der Waals surface area contributed by atoms with E-state index in [0.29, 0.717) is 22.7 Å². The third-order valence-corrected chi connectivity index (χ3v) is 5.91. The standard InChI is InChI=1S/C24H17FN2O4/c1-24(27-21(28)17-5-3-4-6-18(17)22(27)29)19-13-16(31-2)11-12-20(19)26(23(24)30)15-9-7-14(25)8-10-15/h3-13H,1-2H3. The minimum absolute atomic E-state index is 0.256. The summed E-state index contributed by atoms with van der Waals surface area (Å²) >= 11 is 0. The van der Waals surface area contributed by atoms with Gasteiger partial charge in [-0.3, -0.25) is 24.2 Å². The van der Waals surface area contributed by atoms with Gasteiger partial charge in [0.1, 0.15) is 11.6 Å². The zero-order valence-electron chi connectivity index (χ0n) is 16.8. The van der Waals surface area contributed by atoms with E-state index in [4.69, 9.17) is 4.74 Å².